The van der Waals surface area contributed by atoms with Crippen molar-refractivity contribution in [1.29, 1.82) is 0 Å². The summed E-state index contributed by atoms with van der Waals surface area (Å²) in [5.74, 6) is -0.121. The predicted octanol–water partition coefficient (Wildman–Crippen LogP) is 0.502. The molecule has 0 atom stereocenters. The predicted molar refractivity (Wildman–Crippen MR) is 78.6 cm³/mol. The molecular weight excluding hydrogens is 292 g/mol. The first kappa shape index (κ1) is 15.9. The lowest BCUT2D eigenvalue weighted by molar-refractivity contribution is 0.0792. The minimum Gasteiger partial charge on any atom is -0.395 e. The van der Waals surface area contributed by atoms with Crippen LogP contribution in [0.4, 0.5) is 0 Å². The Morgan fingerprint density at radius 3 is 2.62 bits per heavy atom. The summed E-state index contributed by atoms with van der Waals surface area (Å²) in [4.78, 5) is 14.2. The maximum atomic E-state index is 12.4. The molecule has 0 aliphatic carbocycles. The van der Waals surface area contributed by atoms with Crippen LogP contribution in [0, 0.1) is 6.92 Å². The topological polar surface area (TPSA) is 86.7 Å². The van der Waals surface area contributed by atoms with Crippen LogP contribution in [-0.2, 0) is 10.0 Å². The SMILES string of the molecule is Cc1ccc(S(=O)(=O)NCCO)cc1C(=O)N1CCCC1. The van der Waals surface area contributed by atoms with Crippen molar-refractivity contribution in [3.05, 3.63) is 29.3 Å². The Morgan fingerprint density at radius 1 is 1.33 bits per heavy atom. The molecule has 1 amide bonds. The van der Waals surface area contributed by atoms with Crippen molar-refractivity contribution in [1.82, 2.24) is 9.62 Å². The molecular formula is C14H20N2O4S. The summed E-state index contributed by atoms with van der Waals surface area (Å²) in [6, 6.07) is 4.52. The Labute approximate surface area is 124 Å². The Kier molecular flexibility index (Phi) is 4.97. The summed E-state index contributed by atoms with van der Waals surface area (Å²) in [5.41, 5.74) is 1.18. The van der Waals surface area contributed by atoms with Crippen LogP contribution < -0.4 is 4.72 Å². The first-order chi connectivity index (χ1) is 9.95. The fourth-order valence-corrected chi connectivity index (χ4v) is 3.40. The lowest BCUT2D eigenvalue weighted by atomic mass is 10.1. The average molecular weight is 312 g/mol. The first-order valence-electron chi connectivity index (χ1n) is 6.96. The smallest absolute Gasteiger partial charge is 0.254 e. The van der Waals surface area contributed by atoms with Gasteiger partial charge in [0.25, 0.3) is 5.91 Å². The number of aliphatic hydroxyl groups is 1. The monoisotopic (exact) mass is 312 g/mol. The second kappa shape index (κ2) is 6.55. The molecule has 116 valence electrons. The van der Waals surface area contributed by atoms with E-state index in [-0.39, 0.29) is 24.0 Å². The van der Waals surface area contributed by atoms with Gasteiger partial charge in [-0.3, -0.25) is 4.79 Å². The number of aryl methyl sites for hydroxylation is 1. The van der Waals surface area contributed by atoms with Crippen LogP contribution >= 0.6 is 0 Å². The zero-order valence-electron chi connectivity index (χ0n) is 12.0. The van der Waals surface area contributed by atoms with Gasteiger partial charge in [-0.15, -0.1) is 0 Å². The third-order valence-corrected chi connectivity index (χ3v) is 5.01. The molecule has 1 fully saturated rings. The van der Waals surface area contributed by atoms with E-state index in [1.807, 2.05) is 0 Å². The molecule has 7 heteroatoms. The minimum absolute atomic E-state index is 0.0455. The maximum Gasteiger partial charge on any atom is 0.254 e. The van der Waals surface area contributed by atoms with Crippen molar-refractivity contribution in [2.24, 2.45) is 0 Å². The number of hydrogen-bond acceptors (Lipinski definition) is 4. The van der Waals surface area contributed by atoms with Crippen LogP contribution in [0.3, 0.4) is 0 Å². The van der Waals surface area contributed by atoms with Crippen LogP contribution in [0.25, 0.3) is 0 Å². The van der Waals surface area contributed by atoms with Gasteiger partial charge in [-0.05, 0) is 37.5 Å². The highest BCUT2D eigenvalue weighted by Gasteiger charge is 2.23. The van der Waals surface area contributed by atoms with Gasteiger partial charge in [0.15, 0.2) is 0 Å². The lowest BCUT2D eigenvalue weighted by Crippen LogP contribution is -2.29. The molecule has 1 saturated heterocycles. The zero-order chi connectivity index (χ0) is 15.5. The number of carbonyl (C=O) groups is 1. The van der Waals surface area contributed by atoms with Gasteiger partial charge in [0.1, 0.15) is 0 Å². The molecule has 1 aromatic carbocycles. The molecule has 0 saturated carbocycles. The molecule has 21 heavy (non-hydrogen) atoms. The number of benzene rings is 1. The molecule has 6 nitrogen and oxygen atoms in total. The van der Waals surface area contributed by atoms with E-state index in [9.17, 15) is 13.2 Å². The molecule has 1 heterocycles. The Balaban J connectivity index is 2.30. The molecule has 1 aliphatic heterocycles. The Bertz CT molecular complexity index is 622. The standard InChI is InChI=1S/C14H20N2O4S/c1-11-4-5-12(21(19,20)15-6-9-17)10-13(11)14(18)16-7-2-3-8-16/h4-5,10,15,17H,2-3,6-9H2,1H3. The average Bonchev–Trinajstić information content (AvgIpc) is 2.99. The van der Waals surface area contributed by atoms with Crippen molar-refractivity contribution in [3.63, 3.8) is 0 Å². The van der Waals surface area contributed by atoms with Crippen LogP contribution in [0.15, 0.2) is 23.1 Å². The van der Waals surface area contributed by atoms with Crippen molar-refractivity contribution in [2.75, 3.05) is 26.2 Å². The Hall–Kier alpha value is -1.44. The summed E-state index contributed by atoms with van der Waals surface area (Å²) < 4.78 is 26.4. The fraction of sp³-hybridized carbons (Fsp3) is 0.500. The maximum absolute atomic E-state index is 12.4. The molecule has 0 radical (unpaired) electrons. The van der Waals surface area contributed by atoms with Gasteiger partial charge < -0.3 is 10.0 Å². The van der Waals surface area contributed by atoms with Gasteiger partial charge in [-0.25, -0.2) is 13.1 Å². The fourth-order valence-electron chi connectivity index (χ4n) is 2.35. The number of nitrogens with one attached hydrogen (secondary N) is 1. The van der Waals surface area contributed by atoms with Gasteiger partial charge in [-0.2, -0.15) is 0 Å². The Morgan fingerprint density at radius 2 is 2.00 bits per heavy atom. The van der Waals surface area contributed by atoms with E-state index in [2.05, 4.69) is 4.72 Å². The lowest BCUT2D eigenvalue weighted by Gasteiger charge is -2.17. The van der Waals surface area contributed by atoms with Crippen LogP contribution in [-0.4, -0.2) is 50.6 Å². The minimum atomic E-state index is -3.70. The van der Waals surface area contributed by atoms with E-state index < -0.39 is 10.0 Å². The van der Waals surface area contributed by atoms with E-state index in [4.69, 9.17) is 5.11 Å². The molecule has 0 aromatic heterocycles. The van der Waals surface area contributed by atoms with Gasteiger partial charge in [0.2, 0.25) is 10.0 Å². The molecule has 1 aromatic rings. The summed E-state index contributed by atoms with van der Waals surface area (Å²) in [5, 5.41) is 8.72. The number of aliphatic hydroxyl groups excluding tert-OH is 1. The van der Waals surface area contributed by atoms with Crippen molar-refractivity contribution in [2.45, 2.75) is 24.7 Å². The molecule has 2 rings (SSSR count). The quantitative estimate of drug-likeness (QED) is 0.829. The number of likely N-dealkylation sites (tertiary alicyclic amines) is 1. The summed E-state index contributed by atoms with van der Waals surface area (Å²) in [6.45, 7) is 2.91. The highest BCUT2D eigenvalue weighted by atomic mass is 32.2. The van der Waals surface area contributed by atoms with E-state index in [0.29, 0.717) is 5.56 Å². The molecule has 1 aliphatic rings. The third kappa shape index (κ3) is 3.61. The van der Waals surface area contributed by atoms with E-state index in [0.717, 1.165) is 31.5 Å². The highest BCUT2D eigenvalue weighted by Crippen LogP contribution is 2.19. The van der Waals surface area contributed by atoms with Gasteiger partial charge in [0.05, 0.1) is 11.5 Å². The van der Waals surface area contributed by atoms with Gasteiger partial charge in [0, 0.05) is 25.2 Å². The van der Waals surface area contributed by atoms with Crippen LogP contribution in [0.5, 0.6) is 0 Å². The summed E-state index contributed by atoms with van der Waals surface area (Å²) in [7, 11) is -3.70. The van der Waals surface area contributed by atoms with Crippen LogP contribution in [0.2, 0.25) is 0 Å². The molecule has 0 bridgehead atoms. The largest absolute Gasteiger partial charge is 0.395 e. The molecule has 0 spiro atoms. The number of sulfonamides is 1. The number of carbonyl (C=O) groups excluding carboxylic acids is 1. The van der Waals surface area contributed by atoms with Crippen molar-refractivity contribution >= 4 is 15.9 Å². The molecule has 0 unspecified atom stereocenters. The first-order valence-corrected chi connectivity index (χ1v) is 8.44. The van der Waals surface area contributed by atoms with Gasteiger partial charge >= 0.3 is 0 Å². The van der Waals surface area contributed by atoms with Crippen molar-refractivity contribution in [3.8, 4) is 0 Å². The normalized spacial score (nSPS) is 15.4. The highest BCUT2D eigenvalue weighted by molar-refractivity contribution is 7.89. The number of amides is 1. The summed E-state index contributed by atoms with van der Waals surface area (Å²) in [6.07, 6.45) is 1.97. The number of nitrogens with zero attached hydrogens (tertiary/aromatic N) is 1. The second-order valence-corrected chi connectivity index (χ2v) is 6.86. The zero-order valence-corrected chi connectivity index (χ0v) is 12.8. The van der Waals surface area contributed by atoms with Crippen LogP contribution in [0.1, 0.15) is 28.8 Å². The number of rotatable bonds is 5. The van der Waals surface area contributed by atoms with E-state index >= 15 is 0 Å². The van der Waals surface area contributed by atoms with E-state index in [1.54, 1.807) is 17.9 Å². The van der Waals surface area contributed by atoms with E-state index in [1.165, 1.54) is 12.1 Å². The van der Waals surface area contributed by atoms with Crippen molar-refractivity contribution < 1.29 is 18.3 Å². The third-order valence-electron chi connectivity index (χ3n) is 3.55. The number of hydrogen-bond donors (Lipinski definition) is 2. The second-order valence-electron chi connectivity index (χ2n) is 5.10. The molecule has 2 N–H and O–H groups in total. The summed E-state index contributed by atoms with van der Waals surface area (Å²) >= 11 is 0. The van der Waals surface area contributed by atoms with Gasteiger partial charge in [-0.1, -0.05) is 6.07 Å².